The number of nitrogens with two attached hydrogens (primary N) is 1. The topological polar surface area (TPSA) is 82.3 Å². The molecule has 0 saturated heterocycles. The third-order valence-corrected chi connectivity index (χ3v) is 2.39. The lowest BCUT2D eigenvalue weighted by Gasteiger charge is -2.19. The van der Waals surface area contributed by atoms with Crippen LogP contribution in [0.4, 0.5) is 0 Å². The van der Waals surface area contributed by atoms with Crippen LogP contribution >= 0.6 is 0 Å². The van der Waals surface area contributed by atoms with Crippen molar-refractivity contribution in [1.29, 1.82) is 0 Å². The van der Waals surface area contributed by atoms with Gasteiger partial charge in [-0.25, -0.2) is 4.98 Å². The van der Waals surface area contributed by atoms with Gasteiger partial charge in [0, 0.05) is 0 Å². The number of methoxy groups -OCH3 is 2. The van der Waals surface area contributed by atoms with Crippen molar-refractivity contribution < 1.29 is 9.47 Å². The van der Waals surface area contributed by atoms with Gasteiger partial charge >= 0.3 is 0 Å². The third kappa shape index (κ3) is 3.54. The van der Waals surface area contributed by atoms with Crippen molar-refractivity contribution in [3.8, 4) is 11.8 Å². The minimum Gasteiger partial charge on any atom is -0.480 e. The minimum atomic E-state index is -0.0802. The van der Waals surface area contributed by atoms with E-state index in [-0.39, 0.29) is 6.04 Å². The summed E-state index contributed by atoms with van der Waals surface area (Å²) >= 11 is 0. The third-order valence-electron chi connectivity index (χ3n) is 2.39. The first kappa shape index (κ1) is 13.7. The molecule has 0 aliphatic carbocycles. The van der Waals surface area contributed by atoms with Crippen molar-refractivity contribution in [1.82, 2.24) is 15.4 Å². The number of nitrogens with zero attached hydrogens (tertiary/aromatic N) is 2. The summed E-state index contributed by atoms with van der Waals surface area (Å²) in [5, 5.41) is 0. The van der Waals surface area contributed by atoms with Crippen LogP contribution in [-0.4, -0.2) is 24.2 Å². The molecule has 6 nitrogen and oxygen atoms in total. The van der Waals surface area contributed by atoms with Gasteiger partial charge in [-0.1, -0.05) is 13.8 Å². The van der Waals surface area contributed by atoms with Crippen LogP contribution in [0.5, 0.6) is 11.8 Å². The molecule has 0 fully saturated rings. The molecule has 6 heteroatoms. The molecular formula is C11H20N4O2. The van der Waals surface area contributed by atoms with Gasteiger partial charge in [-0.15, -0.1) is 0 Å². The summed E-state index contributed by atoms with van der Waals surface area (Å²) in [4.78, 5) is 8.47. The fraction of sp³-hybridized carbons (Fsp3) is 0.636. The Labute approximate surface area is 102 Å². The van der Waals surface area contributed by atoms with Gasteiger partial charge in [-0.2, -0.15) is 4.98 Å². The number of hydrogen-bond donors (Lipinski definition) is 2. The van der Waals surface area contributed by atoms with E-state index in [1.807, 2.05) is 0 Å². The Morgan fingerprint density at radius 2 is 2.06 bits per heavy atom. The maximum Gasteiger partial charge on any atom is 0.240 e. The number of hydrazine groups is 1. The lowest BCUT2D eigenvalue weighted by atomic mass is 10.0. The van der Waals surface area contributed by atoms with E-state index in [9.17, 15) is 0 Å². The molecule has 17 heavy (non-hydrogen) atoms. The van der Waals surface area contributed by atoms with Gasteiger partial charge in [0.2, 0.25) is 11.8 Å². The fourth-order valence-corrected chi connectivity index (χ4v) is 1.58. The van der Waals surface area contributed by atoms with Crippen LogP contribution in [0.25, 0.3) is 0 Å². The van der Waals surface area contributed by atoms with Gasteiger partial charge in [0.25, 0.3) is 0 Å². The SMILES string of the molecule is COc1cnc(C(CC(C)C)NN)c(OC)n1. The van der Waals surface area contributed by atoms with E-state index in [0.717, 1.165) is 6.42 Å². The van der Waals surface area contributed by atoms with E-state index in [1.54, 1.807) is 13.3 Å². The number of nitrogens with one attached hydrogen (secondary N) is 1. The molecule has 1 heterocycles. The predicted octanol–water partition coefficient (Wildman–Crippen LogP) is 1.04. The van der Waals surface area contributed by atoms with E-state index in [2.05, 4.69) is 29.2 Å². The van der Waals surface area contributed by atoms with Gasteiger partial charge in [0.1, 0.15) is 5.69 Å². The first-order chi connectivity index (χ1) is 8.12. The van der Waals surface area contributed by atoms with Crippen LogP contribution in [0.3, 0.4) is 0 Å². The second-order valence-corrected chi connectivity index (χ2v) is 4.16. The van der Waals surface area contributed by atoms with Crippen LogP contribution in [0, 0.1) is 5.92 Å². The number of aromatic nitrogens is 2. The average Bonchev–Trinajstić information content (AvgIpc) is 2.35. The molecule has 1 aromatic heterocycles. The Hall–Kier alpha value is -1.40. The summed E-state index contributed by atoms with van der Waals surface area (Å²) in [5.41, 5.74) is 3.44. The van der Waals surface area contributed by atoms with Crippen molar-refractivity contribution in [2.24, 2.45) is 11.8 Å². The summed E-state index contributed by atoms with van der Waals surface area (Å²) in [6.45, 7) is 4.24. The first-order valence-corrected chi connectivity index (χ1v) is 5.53. The summed E-state index contributed by atoms with van der Waals surface area (Å²) in [6, 6.07) is -0.0802. The molecule has 0 aromatic carbocycles. The maximum atomic E-state index is 5.54. The van der Waals surface area contributed by atoms with Crippen LogP contribution in [0.15, 0.2) is 6.20 Å². The lowest BCUT2D eigenvalue weighted by molar-refractivity contribution is 0.341. The smallest absolute Gasteiger partial charge is 0.240 e. The Kier molecular flexibility index (Phi) is 5.11. The highest BCUT2D eigenvalue weighted by molar-refractivity contribution is 5.25. The zero-order chi connectivity index (χ0) is 12.8. The van der Waals surface area contributed by atoms with E-state index in [4.69, 9.17) is 15.3 Å². The molecular weight excluding hydrogens is 220 g/mol. The van der Waals surface area contributed by atoms with E-state index in [1.165, 1.54) is 7.11 Å². The molecule has 0 amide bonds. The molecule has 0 saturated carbocycles. The van der Waals surface area contributed by atoms with E-state index in [0.29, 0.717) is 23.4 Å². The molecule has 0 aliphatic rings. The second kappa shape index (κ2) is 6.36. The highest BCUT2D eigenvalue weighted by Crippen LogP contribution is 2.26. The normalized spacial score (nSPS) is 12.6. The van der Waals surface area contributed by atoms with Crippen LogP contribution in [0.1, 0.15) is 32.0 Å². The van der Waals surface area contributed by atoms with Crippen LogP contribution in [0.2, 0.25) is 0 Å². The van der Waals surface area contributed by atoms with E-state index < -0.39 is 0 Å². The van der Waals surface area contributed by atoms with Crippen LogP contribution < -0.4 is 20.7 Å². The number of ether oxygens (including phenoxy) is 2. The molecule has 0 radical (unpaired) electrons. The summed E-state index contributed by atoms with van der Waals surface area (Å²) in [6.07, 6.45) is 2.41. The zero-order valence-electron chi connectivity index (χ0n) is 10.7. The second-order valence-electron chi connectivity index (χ2n) is 4.16. The van der Waals surface area contributed by atoms with E-state index >= 15 is 0 Å². The molecule has 96 valence electrons. The Balaban J connectivity index is 3.01. The zero-order valence-corrected chi connectivity index (χ0v) is 10.7. The van der Waals surface area contributed by atoms with Crippen LogP contribution in [-0.2, 0) is 0 Å². The molecule has 1 aromatic rings. The Bertz CT molecular complexity index is 357. The Morgan fingerprint density at radius 3 is 2.53 bits per heavy atom. The minimum absolute atomic E-state index is 0.0802. The molecule has 0 aliphatic heterocycles. The summed E-state index contributed by atoms with van der Waals surface area (Å²) in [7, 11) is 3.09. The quantitative estimate of drug-likeness (QED) is 0.571. The van der Waals surface area contributed by atoms with Crippen molar-refractivity contribution in [3.05, 3.63) is 11.9 Å². The number of rotatable bonds is 6. The first-order valence-electron chi connectivity index (χ1n) is 5.53. The largest absolute Gasteiger partial charge is 0.480 e. The highest BCUT2D eigenvalue weighted by atomic mass is 16.5. The van der Waals surface area contributed by atoms with Gasteiger partial charge in [0.05, 0.1) is 26.5 Å². The monoisotopic (exact) mass is 240 g/mol. The molecule has 0 bridgehead atoms. The summed E-state index contributed by atoms with van der Waals surface area (Å²) < 4.78 is 10.2. The van der Waals surface area contributed by atoms with Gasteiger partial charge in [-0.3, -0.25) is 11.3 Å². The number of hydrogen-bond acceptors (Lipinski definition) is 6. The molecule has 1 unspecified atom stereocenters. The van der Waals surface area contributed by atoms with Crippen molar-refractivity contribution >= 4 is 0 Å². The van der Waals surface area contributed by atoms with Crippen molar-refractivity contribution in [2.45, 2.75) is 26.3 Å². The standard InChI is InChI=1S/C11H20N4O2/c1-7(2)5-8(15-12)10-11(17-4)14-9(16-3)6-13-10/h6-8,15H,5,12H2,1-4H3. The van der Waals surface area contributed by atoms with Crippen molar-refractivity contribution in [3.63, 3.8) is 0 Å². The Morgan fingerprint density at radius 1 is 1.35 bits per heavy atom. The molecule has 3 N–H and O–H groups in total. The predicted molar refractivity (Wildman–Crippen MR) is 64.7 cm³/mol. The maximum absolute atomic E-state index is 5.54. The van der Waals surface area contributed by atoms with Crippen molar-refractivity contribution in [2.75, 3.05) is 14.2 Å². The van der Waals surface area contributed by atoms with Gasteiger partial charge in [-0.05, 0) is 12.3 Å². The fourth-order valence-electron chi connectivity index (χ4n) is 1.58. The molecule has 1 atom stereocenters. The van der Waals surface area contributed by atoms with Gasteiger partial charge < -0.3 is 9.47 Å². The lowest BCUT2D eigenvalue weighted by Crippen LogP contribution is -2.30. The molecule has 1 rings (SSSR count). The summed E-state index contributed by atoms with van der Waals surface area (Å²) in [5.74, 6) is 6.89. The van der Waals surface area contributed by atoms with Gasteiger partial charge in [0.15, 0.2) is 0 Å². The molecule has 0 spiro atoms. The highest BCUT2D eigenvalue weighted by Gasteiger charge is 2.19. The average molecular weight is 240 g/mol.